The molecule has 0 unspecified atom stereocenters. The molecule has 2 aromatic carbocycles. The molecule has 30 heavy (non-hydrogen) atoms. The minimum absolute atomic E-state index is 0.126. The van der Waals surface area contributed by atoms with E-state index < -0.39 is 5.97 Å². The van der Waals surface area contributed by atoms with E-state index in [1.165, 1.54) is 4.90 Å². The average molecular weight is 399 g/mol. The molecule has 5 nitrogen and oxygen atoms in total. The molecule has 6 atom stereocenters. The Morgan fingerprint density at radius 1 is 0.933 bits per heavy atom. The highest BCUT2D eigenvalue weighted by atomic mass is 16.5. The molecule has 1 heterocycles. The molecule has 3 fully saturated rings. The van der Waals surface area contributed by atoms with E-state index in [0.29, 0.717) is 28.8 Å². The van der Waals surface area contributed by atoms with Crippen molar-refractivity contribution in [3.05, 3.63) is 71.8 Å². The minimum atomic E-state index is -0.512. The van der Waals surface area contributed by atoms with Gasteiger partial charge in [-0.1, -0.05) is 30.4 Å². The number of rotatable bonds is 3. The zero-order chi connectivity index (χ0) is 20.6. The van der Waals surface area contributed by atoms with Crippen LogP contribution in [0, 0.1) is 42.4 Å². The van der Waals surface area contributed by atoms with Crippen molar-refractivity contribution in [3.63, 3.8) is 0 Å². The molecule has 0 radical (unpaired) electrons. The number of hydrogen-bond donors (Lipinski definition) is 0. The summed E-state index contributed by atoms with van der Waals surface area (Å²) in [5.74, 6) is 0.689. The third-order valence-corrected chi connectivity index (χ3v) is 7.20. The van der Waals surface area contributed by atoms with E-state index in [-0.39, 0.29) is 35.5 Å². The summed E-state index contributed by atoms with van der Waals surface area (Å²) in [6.45, 7) is 1.92. The summed E-state index contributed by atoms with van der Waals surface area (Å²) in [4.78, 5) is 40.5. The Morgan fingerprint density at radius 2 is 1.60 bits per heavy atom. The number of benzene rings is 2. The fourth-order valence-electron chi connectivity index (χ4n) is 5.83. The van der Waals surface area contributed by atoms with Gasteiger partial charge in [0, 0.05) is 0 Å². The van der Waals surface area contributed by atoms with Gasteiger partial charge in [0.2, 0.25) is 11.8 Å². The number of allylic oxidation sites excluding steroid dienone is 2. The Labute approximate surface area is 174 Å². The summed E-state index contributed by atoms with van der Waals surface area (Å²) in [5.41, 5.74) is 1.76. The van der Waals surface area contributed by atoms with E-state index >= 15 is 0 Å². The van der Waals surface area contributed by atoms with Gasteiger partial charge in [0.25, 0.3) is 0 Å². The Balaban J connectivity index is 1.29. The molecule has 2 amide bonds. The van der Waals surface area contributed by atoms with E-state index in [1.807, 2.05) is 19.1 Å². The third-order valence-electron chi connectivity index (χ3n) is 7.20. The fourth-order valence-corrected chi connectivity index (χ4v) is 5.83. The molecule has 2 bridgehead atoms. The highest BCUT2D eigenvalue weighted by Gasteiger charge is 2.67. The lowest BCUT2D eigenvalue weighted by atomic mass is 9.63. The van der Waals surface area contributed by atoms with E-state index in [4.69, 9.17) is 4.74 Å². The topological polar surface area (TPSA) is 63.7 Å². The monoisotopic (exact) mass is 399 g/mol. The summed E-state index contributed by atoms with van der Waals surface area (Å²) in [6, 6.07) is 13.9. The van der Waals surface area contributed by atoms with Crippen LogP contribution in [0.15, 0.2) is 60.7 Å². The van der Waals surface area contributed by atoms with Crippen molar-refractivity contribution in [2.75, 3.05) is 4.90 Å². The molecule has 150 valence electrons. The number of carbonyl (C=O) groups is 3. The second-order valence-corrected chi connectivity index (χ2v) is 8.92. The van der Waals surface area contributed by atoms with Gasteiger partial charge in [-0.2, -0.15) is 0 Å². The summed E-state index contributed by atoms with van der Waals surface area (Å²) >= 11 is 0. The second-order valence-electron chi connectivity index (χ2n) is 8.92. The van der Waals surface area contributed by atoms with Crippen molar-refractivity contribution >= 4 is 23.5 Å². The van der Waals surface area contributed by atoms with Crippen molar-refractivity contribution in [2.45, 2.75) is 13.3 Å². The van der Waals surface area contributed by atoms with Gasteiger partial charge in [-0.25, -0.2) is 9.69 Å². The molecule has 5 aliphatic rings. The molecule has 2 saturated carbocycles. The predicted molar refractivity (Wildman–Crippen MR) is 110 cm³/mol. The highest BCUT2D eigenvalue weighted by Crippen LogP contribution is 2.65. The first-order valence-electron chi connectivity index (χ1n) is 10.5. The molecule has 0 N–H and O–H groups in total. The molecule has 5 heteroatoms. The maximum Gasteiger partial charge on any atom is 0.343 e. The van der Waals surface area contributed by atoms with Crippen molar-refractivity contribution in [1.82, 2.24) is 0 Å². The molecule has 1 saturated heterocycles. The van der Waals surface area contributed by atoms with Crippen LogP contribution in [-0.2, 0) is 9.59 Å². The van der Waals surface area contributed by atoms with Crippen molar-refractivity contribution in [1.29, 1.82) is 0 Å². The first-order chi connectivity index (χ1) is 14.5. The zero-order valence-electron chi connectivity index (χ0n) is 16.5. The van der Waals surface area contributed by atoms with Crippen molar-refractivity contribution in [3.8, 4) is 5.75 Å². The molecule has 0 spiro atoms. The smallest absolute Gasteiger partial charge is 0.343 e. The molecular weight excluding hydrogens is 378 g/mol. The van der Waals surface area contributed by atoms with Crippen LogP contribution >= 0.6 is 0 Å². The lowest BCUT2D eigenvalue weighted by Gasteiger charge is -2.37. The minimum Gasteiger partial charge on any atom is -0.423 e. The van der Waals surface area contributed by atoms with Crippen LogP contribution in [0.4, 0.5) is 5.69 Å². The second kappa shape index (κ2) is 6.14. The SMILES string of the molecule is Cc1cccc(OC(=O)c2cccc(N3C(=O)[C@@H]4[C@H]5C=C[C@@H]([C@@H]6C[C@@H]56)[C@H]4C3=O)c2)c1. The molecule has 7 rings (SSSR count). The first kappa shape index (κ1) is 17.6. The van der Waals surface area contributed by atoms with Crippen LogP contribution in [0.1, 0.15) is 22.3 Å². The van der Waals surface area contributed by atoms with Gasteiger partial charge in [-0.3, -0.25) is 9.59 Å². The van der Waals surface area contributed by atoms with Crippen molar-refractivity contribution in [2.24, 2.45) is 35.5 Å². The normalized spacial score (nSPS) is 32.8. The van der Waals surface area contributed by atoms with Gasteiger partial charge < -0.3 is 4.74 Å². The van der Waals surface area contributed by atoms with Crippen LogP contribution in [0.25, 0.3) is 0 Å². The van der Waals surface area contributed by atoms with Crippen LogP contribution < -0.4 is 9.64 Å². The zero-order valence-corrected chi connectivity index (χ0v) is 16.5. The maximum atomic E-state index is 13.3. The van der Waals surface area contributed by atoms with Gasteiger partial charge >= 0.3 is 5.97 Å². The average Bonchev–Trinajstić information content (AvgIpc) is 3.52. The molecule has 2 aromatic rings. The van der Waals surface area contributed by atoms with E-state index in [2.05, 4.69) is 12.2 Å². The quantitative estimate of drug-likeness (QED) is 0.341. The number of aryl methyl sites for hydroxylation is 1. The standard InChI is InChI=1S/C25H21NO4/c1-13-4-2-7-16(10-13)30-25(29)14-5-3-6-15(11-14)26-23(27)21-17-8-9-18(20-12-19(17)20)22(21)24(26)28/h2-11,17-22H,12H2,1H3/t17-,18-,19-,20-,21+,22+/m0/s1. The number of carbonyl (C=O) groups excluding carboxylic acids is 3. The van der Waals surface area contributed by atoms with Crippen molar-refractivity contribution < 1.29 is 19.1 Å². The van der Waals surface area contributed by atoms with E-state index in [0.717, 1.165) is 12.0 Å². The number of hydrogen-bond acceptors (Lipinski definition) is 4. The number of imide groups is 1. The number of ether oxygens (including phenoxy) is 1. The number of nitrogens with zero attached hydrogens (tertiary/aromatic N) is 1. The maximum absolute atomic E-state index is 13.3. The largest absolute Gasteiger partial charge is 0.423 e. The Bertz CT molecular complexity index is 1100. The Morgan fingerprint density at radius 3 is 2.27 bits per heavy atom. The summed E-state index contributed by atoms with van der Waals surface area (Å²) < 4.78 is 5.47. The van der Waals surface area contributed by atoms with Crippen LogP contribution in [-0.4, -0.2) is 17.8 Å². The number of esters is 1. The fraction of sp³-hybridized carbons (Fsp3) is 0.320. The first-order valence-corrected chi connectivity index (χ1v) is 10.5. The van der Waals surface area contributed by atoms with Gasteiger partial charge in [-0.05, 0) is 72.9 Å². The van der Waals surface area contributed by atoms with Crippen LogP contribution in [0.2, 0.25) is 0 Å². The summed E-state index contributed by atoms with van der Waals surface area (Å²) in [6.07, 6.45) is 5.45. The number of amides is 2. The Hall–Kier alpha value is -3.21. The van der Waals surface area contributed by atoms with Gasteiger partial charge in [0.15, 0.2) is 0 Å². The van der Waals surface area contributed by atoms with Gasteiger partial charge in [0.1, 0.15) is 5.75 Å². The third kappa shape index (κ3) is 2.44. The van der Waals surface area contributed by atoms with Crippen LogP contribution in [0.3, 0.4) is 0 Å². The highest BCUT2D eigenvalue weighted by molar-refractivity contribution is 6.23. The summed E-state index contributed by atoms with van der Waals surface area (Å²) in [5, 5.41) is 0. The lowest BCUT2D eigenvalue weighted by Crippen LogP contribution is -2.40. The van der Waals surface area contributed by atoms with Gasteiger partial charge in [-0.15, -0.1) is 0 Å². The molecular formula is C25H21NO4. The van der Waals surface area contributed by atoms with E-state index in [1.54, 1.807) is 36.4 Å². The molecule has 0 aromatic heterocycles. The van der Waals surface area contributed by atoms with E-state index in [9.17, 15) is 14.4 Å². The number of anilines is 1. The van der Waals surface area contributed by atoms with Crippen LogP contribution in [0.5, 0.6) is 5.75 Å². The summed E-state index contributed by atoms with van der Waals surface area (Å²) in [7, 11) is 0. The lowest BCUT2D eigenvalue weighted by molar-refractivity contribution is -0.124. The Kier molecular flexibility index (Phi) is 3.61. The van der Waals surface area contributed by atoms with Gasteiger partial charge in [0.05, 0.1) is 23.1 Å². The predicted octanol–water partition coefficient (Wildman–Crippen LogP) is 3.77. The molecule has 1 aliphatic heterocycles. The molecule has 4 aliphatic carbocycles.